The Balaban J connectivity index is 0.00000280. The van der Waals surface area contributed by atoms with Crippen molar-refractivity contribution in [3.63, 3.8) is 0 Å². The van der Waals surface area contributed by atoms with Crippen LogP contribution in [0.2, 0.25) is 0 Å². The third-order valence-corrected chi connectivity index (χ3v) is 4.65. The minimum atomic E-state index is -4.59. The van der Waals surface area contributed by atoms with E-state index in [1.54, 1.807) is 18.2 Å². The molecule has 2 N–H and O–H groups in total. The van der Waals surface area contributed by atoms with E-state index in [0.717, 1.165) is 25.9 Å². The molecule has 0 bridgehead atoms. The third-order valence-electron chi connectivity index (χ3n) is 4.65. The highest BCUT2D eigenvalue weighted by atomic mass is 19.4. The minimum absolute atomic E-state index is 0. The van der Waals surface area contributed by atoms with Crippen LogP contribution in [0.3, 0.4) is 0 Å². The van der Waals surface area contributed by atoms with Crippen LogP contribution in [0.4, 0.5) is 13.2 Å². The molecule has 9 heteroatoms. The quantitative estimate of drug-likeness (QED) is 0.763. The van der Waals surface area contributed by atoms with E-state index in [1.807, 2.05) is 4.90 Å². The fourth-order valence-electron chi connectivity index (χ4n) is 3.38. The molecular weight excluding hydrogens is 377 g/mol. The summed E-state index contributed by atoms with van der Waals surface area (Å²) in [7, 11) is 0. The topological polar surface area (TPSA) is 71.0 Å². The Labute approximate surface area is 162 Å². The number of ether oxygens (including phenoxy) is 2. The average Bonchev–Trinajstić information content (AvgIpc) is 3.11. The lowest BCUT2D eigenvalue weighted by molar-refractivity contribution is -0.154. The number of carbonyl (C=O) groups excluding carboxylic acids is 1. The number of rotatable bonds is 6. The first-order valence-electron chi connectivity index (χ1n) is 8.98. The summed E-state index contributed by atoms with van der Waals surface area (Å²) in [5.41, 5.74) is 0.454. The molecule has 0 aliphatic carbocycles. The van der Waals surface area contributed by atoms with Crippen molar-refractivity contribution in [1.82, 2.24) is 10.2 Å². The van der Waals surface area contributed by atoms with Crippen LogP contribution in [0.5, 0.6) is 11.5 Å². The zero-order valence-corrected chi connectivity index (χ0v) is 14.8. The van der Waals surface area contributed by atoms with Crippen LogP contribution >= 0.6 is 0 Å². The summed E-state index contributed by atoms with van der Waals surface area (Å²) >= 11 is 0. The summed E-state index contributed by atoms with van der Waals surface area (Å²) in [4.78, 5) is 13.8. The van der Waals surface area contributed by atoms with Gasteiger partial charge in [-0.3, -0.25) is 4.79 Å². The highest BCUT2D eigenvalue weighted by molar-refractivity contribution is 5.77. The molecule has 158 valence electrons. The summed E-state index contributed by atoms with van der Waals surface area (Å²) in [5, 5.41) is 13.1. The minimum Gasteiger partial charge on any atom is -0.486 e. The number of hydrogen-bond donors (Lipinski definition) is 2. The Hall–Kier alpha value is -2.00. The van der Waals surface area contributed by atoms with Crippen LogP contribution in [0, 0.1) is 0 Å². The molecule has 2 atom stereocenters. The summed E-state index contributed by atoms with van der Waals surface area (Å²) < 4.78 is 48.5. The van der Waals surface area contributed by atoms with E-state index in [2.05, 4.69) is 5.32 Å². The van der Waals surface area contributed by atoms with Gasteiger partial charge in [0.2, 0.25) is 5.91 Å². The molecular formula is C19H27F3N2O4. The number of alkyl halides is 3. The number of hydrogen-bond acceptors (Lipinski definition) is 5. The standard InChI is InChI=1S/C18H23F3N2O4.CH4/c19-18(20,21)10-16(24)22-13(11-23-5-1-2-6-23)17(25)12-3-4-14-15(9-12)27-8-7-26-14;/h3-4,9,13,17,25H,1-2,5-8,10-11H2,(H,22,24);1H4/t13-,17-;/m1./s1. The van der Waals surface area contributed by atoms with E-state index in [0.29, 0.717) is 30.3 Å². The van der Waals surface area contributed by atoms with Crippen LogP contribution in [0.15, 0.2) is 18.2 Å². The molecule has 1 fully saturated rings. The molecule has 2 aliphatic heterocycles. The van der Waals surface area contributed by atoms with E-state index in [9.17, 15) is 23.1 Å². The molecule has 3 rings (SSSR count). The van der Waals surface area contributed by atoms with Gasteiger partial charge in [-0.1, -0.05) is 13.5 Å². The smallest absolute Gasteiger partial charge is 0.397 e. The molecule has 1 aromatic carbocycles. The molecule has 1 amide bonds. The van der Waals surface area contributed by atoms with Crippen LogP contribution in [-0.4, -0.2) is 61.0 Å². The van der Waals surface area contributed by atoms with E-state index < -0.39 is 30.7 Å². The number of aliphatic hydroxyl groups is 1. The zero-order chi connectivity index (χ0) is 19.4. The van der Waals surface area contributed by atoms with Crippen molar-refractivity contribution in [3.8, 4) is 11.5 Å². The lowest BCUT2D eigenvalue weighted by Crippen LogP contribution is -2.47. The average molecular weight is 404 g/mol. The molecule has 0 spiro atoms. The first-order valence-corrected chi connectivity index (χ1v) is 8.98. The van der Waals surface area contributed by atoms with Gasteiger partial charge in [0.05, 0.1) is 6.04 Å². The van der Waals surface area contributed by atoms with Gasteiger partial charge in [0.1, 0.15) is 25.7 Å². The maximum Gasteiger partial charge on any atom is 0.397 e. The van der Waals surface area contributed by atoms with Crippen molar-refractivity contribution in [1.29, 1.82) is 0 Å². The summed E-state index contributed by atoms with van der Waals surface area (Å²) in [6.45, 7) is 2.67. The maximum absolute atomic E-state index is 12.5. The van der Waals surface area contributed by atoms with Crippen molar-refractivity contribution >= 4 is 5.91 Å². The highest BCUT2D eigenvalue weighted by Gasteiger charge is 2.34. The van der Waals surface area contributed by atoms with E-state index >= 15 is 0 Å². The second-order valence-electron chi connectivity index (χ2n) is 6.82. The number of fused-ring (bicyclic) bond motifs is 1. The van der Waals surface area contributed by atoms with Gasteiger partial charge in [0, 0.05) is 6.54 Å². The lowest BCUT2D eigenvalue weighted by atomic mass is 10.0. The number of nitrogens with zero attached hydrogens (tertiary/aromatic N) is 1. The van der Waals surface area contributed by atoms with E-state index in [4.69, 9.17) is 9.47 Å². The van der Waals surface area contributed by atoms with Crippen molar-refractivity contribution in [3.05, 3.63) is 23.8 Å². The summed E-state index contributed by atoms with van der Waals surface area (Å²) in [5.74, 6) is -0.128. The zero-order valence-electron chi connectivity index (χ0n) is 14.8. The van der Waals surface area contributed by atoms with Crippen molar-refractivity contribution < 1.29 is 32.5 Å². The Bertz CT molecular complexity index is 663. The monoisotopic (exact) mass is 404 g/mol. The van der Waals surface area contributed by atoms with E-state index in [1.165, 1.54) is 0 Å². The molecule has 1 aromatic rings. The first kappa shape index (κ1) is 22.3. The number of nitrogens with one attached hydrogen (secondary N) is 1. The van der Waals surface area contributed by atoms with Crippen LogP contribution in [0.1, 0.15) is 38.4 Å². The molecule has 0 radical (unpaired) electrons. The number of carbonyl (C=O) groups is 1. The van der Waals surface area contributed by atoms with Gasteiger partial charge in [0.15, 0.2) is 11.5 Å². The molecule has 6 nitrogen and oxygen atoms in total. The first-order chi connectivity index (χ1) is 12.8. The van der Waals surface area contributed by atoms with E-state index in [-0.39, 0.29) is 14.0 Å². The Morgan fingerprint density at radius 3 is 2.46 bits per heavy atom. The lowest BCUT2D eigenvalue weighted by Gasteiger charge is -2.29. The molecule has 1 saturated heterocycles. The normalized spacial score (nSPS) is 18.9. The van der Waals surface area contributed by atoms with Gasteiger partial charge in [0.25, 0.3) is 0 Å². The number of aliphatic hydroxyl groups excluding tert-OH is 1. The largest absolute Gasteiger partial charge is 0.486 e. The Kier molecular flexibility index (Phi) is 7.54. The number of halogens is 3. The SMILES string of the molecule is C.O=C(CC(F)(F)F)N[C@H](CN1CCCC1)[C@H](O)c1ccc2c(c1)OCCO2. The van der Waals surface area contributed by atoms with Gasteiger partial charge < -0.3 is 24.8 Å². The maximum atomic E-state index is 12.5. The van der Waals surface area contributed by atoms with Gasteiger partial charge >= 0.3 is 6.18 Å². The Morgan fingerprint density at radius 1 is 1.18 bits per heavy atom. The number of likely N-dealkylation sites (tertiary alicyclic amines) is 1. The van der Waals surface area contributed by atoms with Crippen molar-refractivity contribution in [2.75, 3.05) is 32.8 Å². The van der Waals surface area contributed by atoms with Crippen molar-refractivity contribution in [2.24, 2.45) is 0 Å². The number of benzene rings is 1. The molecule has 0 unspecified atom stereocenters. The van der Waals surface area contributed by atoms with Crippen LogP contribution < -0.4 is 14.8 Å². The van der Waals surface area contributed by atoms with Gasteiger partial charge in [-0.2, -0.15) is 13.2 Å². The fourth-order valence-corrected chi connectivity index (χ4v) is 3.38. The molecule has 2 aliphatic rings. The third kappa shape index (κ3) is 6.00. The predicted molar refractivity (Wildman–Crippen MR) is 97.4 cm³/mol. The summed E-state index contributed by atoms with van der Waals surface area (Å²) in [6.07, 6.45) is -5.35. The second-order valence-corrected chi connectivity index (χ2v) is 6.82. The molecule has 2 heterocycles. The predicted octanol–water partition coefficient (Wildman–Crippen LogP) is 2.66. The fraction of sp³-hybridized carbons (Fsp3) is 0.632. The van der Waals surface area contributed by atoms with Gasteiger partial charge in [-0.15, -0.1) is 0 Å². The van der Waals surface area contributed by atoms with Crippen LogP contribution in [0.25, 0.3) is 0 Å². The molecule has 0 aromatic heterocycles. The van der Waals surface area contributed by atoms with Gasteiger partial charge in [-0.25, -0.2) is 0 Å². The number of amides is 1. The molecule has 28 heavy (non-hydrogen) atoms. The van der Waals surface area contributed by atoms with Crippen molar-refractivity contribution in [2.45, 2.75) is 45.0 Å². The second kappa shape index (κ2) is 9.47. The van der Waals surface area contributed by atoms with Crippen LogP contribution in [-0.2, 0) is 4.79 Å². The summed E-state index contributed by atoms with van der Waals surface area (Å²) in [6, 6.07) is 4.02. The van der Waals surface area contributed by atoms with Gasteiger partial charge in [-0.05, 0) is 43.6 Å². The molecule has 0 saturated carbocycles. The highest BCUT2D eigenvalue weighted by Crippen LogP contribution is 2.33. The Morgan fingerprint density at radius 2 is 1.82 bits per heavy atom.